The molecule has 8 heteroatoms. The molecular weight excluding hydrogens is 382 g/mol. The van der Waals surface area contributed by atoms with E-state index in [1.807, 2.05) is 0 Å². The van der Waals surface area contributed by atoms with Crippen molar-refractivity contribution in [3.8, 4) is 0 Å². The van der Waals surface area contributed by atoms with Crippen LogP contribution in [-0.4, -0.2) is 44.4 Å². The van der Waals surface area contributed by atoms with Crippen molar-refractivity contribution in [2.24, 2.45) is 0 Å². The van der Waals surface area contributed by atoms with Gasteiger partial charge in [-0.1, -0.05) is 23.7 Å². The number of methoxy groups -OCH3 is 1. The number of ketones is 1. The van der Waals surface area contributed by atoms with Crippen molar-refractivity contribution in [2.75, 3.05) is 37.4 Å². The Hall–Kier alpha value is -2.90. The molecule has 0 aliphatic rings. The number of carbonyl (C=O) groups is 3. The molecule has 2 amide bonds. The first-order chi connectivity index (χ1) is 13.4. The summed E-state index contributed by atoms with van der Waals surface area (Å²) in [6.45, 7) is 2.21. The molecule has 2 rings (SSSR count). The smallest absolute Gasteiger partial charge is 0.252 e. The van der Waals surface area contributed by atoms with Crippen LogP contribution in [0.1, 0.15) is 27.6 Å². The third-order valence-corrected chi connectivity index (χ3v) is 4.15. The zero-order valence-electron chi connectivity index (χ0n) is 15.7. The third kappa shape index (κ3) is 6.07. The number of carbonyl (C=O) groups excluding carboxylic acids is 3. The first-order valence-electron chi connectivity index (χ1n) is 8.62. The lowest BCUT2D eigenvalue weighted by Crippen LogP contribution is -2.27. The number of rotatable bonds is 9. The van der Waals surface area contributed by atoms with Crippen molar-refractivity contribution >= 4 is 40.6 Å². The van der Waals surface area contributed by atoms with Crippen molar-refractivity contribution in [3.05, 3.63) is 58.6 Å². The molecule has 0 aliphatic heterocycles. The Morgan fingerprint density at radius 1 is 1.07 bits per heavy atom. The van der Waals surface area contributed by atoms with Crippen molar-refractivity contribution in [2.45, 2.75) is 6.92 Å². The first-order valence-corrected chi connectivity index (χ1v) is 9.00. The van der Waals surface area contributed by atoms with Crippen LogP contribution in [-0.2, 0) is 9.53 Å². The molecule has 7 nitrogen and oxygen atoms in total. The van der Waals surface area contributed by atoms with E-state index in [9.17, 15) is 14.4 Å². The highest BCUT2D eigenvalue weighted by molar-refractivity contribution is 6.34. The number of ether oxygens (including phenoxy) is 1. The average molecular weight is 404 g/mol. The second kappa shape index (κ2) is 10.4. The molecular formula is C20H22ClN3O4. The van der Waals surface area contributed by atoms with Gasteiger partial charge in [0.25, 0.3) is 5.91 Å². The maximum absolute atomic E-state index is 12.2. The number of Topliss-reactive ketones (excluding diaryl/α,β-unsaturated/α-hetero) is 1. The molecule has 3 N–H and O–H groups in total. The van der Waals surface area contributed by atoms with Gasteiger partial charge in [-0.3, -0.25) is 14.4 Å². The lowest BCUT2D eigenvalue weighted by atomic mass is 10.1. The monoisotopic (exact) mass is 403 g/mol. The van der Waals surface area contributed by atoms with Gasteiger partial charge in [0.2, 0.25) is 5.91 Å². The Kier molecular flexibility index (Phi) is 7.98. The van der Waals surface area contributed by atoms with E-state index in [0.29, 0.717) is 35.7 Å². The second-order valence-corrected chi connectivity index (χ2v) is 6.35. The number of benzene rings is 2. The molecule has 0 saturated carbocycles. The highest BCUT2D eigenvalue weighted by Crippen LogP contribution is 2.21. The number of nitrogens with one attached hydrogen (secondary N) is 3. The second-order valence-electron chi connectivity index (χ2n) is 5.95. The predicted octanol–water partition coefficient (Wildman–Crippen LogP) is 2.97. The van der Waals surface area contributed by atoms with Crippen LogP contribution < -0.4 is 16.0 Å². The molecule has 148 valence electrons. The summed E-state index contributed by atoms with van der Waals surface area (Å²) < 4.78 is 4.88. The maximum atomic E-state index is 12.2. The summed E-state index contributed by atoms with van der Waals surface area (Å²) in [5.74, 6) is -0.742. The molecule has 0 atom stereocenters. The van der Waals surface area contributed by atoms with Gasteiger partial charge in [0.15, 0.2) is 5.78 Å². The van der Waals surface area contributed by atoms with E-state index in [1.54, 1.807) is 49.6 Å². The Balaban J connectivity index is 1.94. The minimum Gasteiger partial charge on any atom is -0.383 e. The summed E-state index contributed by atoms with van der Waals surface area (Å²) in [6.07, 6.45) is 0. The van der Waals surface area contributed by atoms with Crippen LogP contribution >= 0.6 is 11.6 Å². The van der Waals surface area contributed by atoms with Crippen LogP contribution in [0.5, 0.6) is 0 Å². The van der Waals surface area contributed by atoms with Crippen LogP contribution in [0.2, 0.25) is 5.02 Å². The van der Waals surface area contributed by atoms with Crippen LogP contribution in [0.3, 0.4) is 0 Å². The molecule has 0 fully saturated rings. The zero-order valence-corrected chi connectivity index (χ0v) is 16.4. The van der Waals surface area contributed by atoms with Gasteiger partial charge in [-0.25, -0.2) is 0 Å². The van der Waals surface area contributed by atoms with Gasteiger partial charge in [0.05, 0.1) is 29.4 Å². The maximum Gasteiger partial charge on any atom is 0.252 e. The van der Waals surface area contributed by atoms with Gasteiger partial charge in [0, 0.05) is 24.9 Å². The van der Waals surface area contributed by atoms with Crippen molar-refractivity contribution in [1.29, 1.82) is 0 Å². The van der Waals surface area contributed by atoms with E-state index in [0.717, 1.165) is 0 Å². The van der Waals surface area contributed by atoms with Gasteiger partial charge in [-0.05, 0) is 37.3 Å². The summed E-state index contributed by atoms with van der Waals surface area (Å²) in [4.78, 5) is 35.8. The number of hydrogen-bond donors (Lipinski definition) is 3. The number of halogens is 1. The highest BCUT2D eigenvalue weighted by atomic mass is 35.5. The van der Waals surface area contributed by atoms with Crippen LogP contribution in [0.25, 0.3) is 0 Å². The van der Waals surface area contributed by atoms with Gasteiger partial charge >= 0.3 is 0 Å². The van der Waals surface area contributed by atoms with Crippen molar-refractivity contribution in [1.82, 2.24) is 5.32 Å². The minimum absolute atomic E-state index is 0.0258. The molecule has 0 heterocycles. The third-order valence-electron chi connectivity index (χ3n) is 3.84. The van der Waals surface area contributed by atoms with Gasteiger partial charge in [-0.2, -0.15) is 0 Å². The Morgan fingerprint density at radius 3 is 2.50 bits per heavy atom. The van der Waals surface area contributed by atoms with E-state index in [-0.39, 0.29) is 29.2 Å². The Morgan fingerprint density at radius 2 is 1.82 bits per heavy atom. The van der Waals surface area contributed by atoms with Gasteiger partial charge < -0.3 is 20.7 Å². The number of anilines is 2. The van der Waals surface area contributed by atoms with E-state index in [2.05, 4.69) is 16.0 Å². The lowest BCUT2D eigenvalue weighted by molar-refractivity contribution is -0.114. The predicted molar refractivity (Wildman–Crippen MR) is 109 cm³/mol. The molecule has 0 bridgehead atoms. The molecule has 0 unspecified atom stereocenters. The highest BCUT2D eigenvalue weighted by Gasteiger charge is 2.12. The minimum atomic E-state index is -0.314. The quantitative estimate of drug-likeness (QED) is 0.442. The van der Waals surface area contributed by atoms with Crippen molar-refractivity contribution < 1.29 is 19.1 Å². The molecule has 0 saturated heterocycles. The van der Waals surface area contributed by atoms with Crippen molar-refractivity contribution in [3.63, 3.8) is 0 Å². The van der Waals surface area contributed by atoms with Crippen LogP contribution in [0.4, 0.5) is 11.4 Å². The number of hydrogen-bond acceptors (Lipinski definition) is 5. The summed E-state index contributed by atoms with van der Waals surface area (Å²) in [6, 6.07) is 11.6. The molecule has 0 aliphatic carbocycles. The first kappa shape index (κ1) is 21.4. The molecule has 0 radical (unpaired) electrons. The summed E-state index contributed by atoms with van der Waals surface area (Å²) in [5.41, 5.74) is 1.84. The topological polar surface area (TPSA) is 96.5 Å². The Bertz CT molecular complexity index is 870. The zero-order chi connectivity index (χ0) is 20.5. The van der Waals surface area contributed by atoms with E-state index in [4.69, 9.17) is 16.3 Å². The molecule has 0 aromatic heterocycles. The molecule has 2 aromatic rings. The van der Waals surface area contributed by atoms with E-state index >= 15 is 0 Å². The number of para-hydroxylation sites is 1. The SMILES string of the molecule is COCCNC(=O)c1ccc(NCC(=O)Nc2ccccc2C(C)=O)cc1Cl. The Labute approximate surface area is 168 Å². The fraction of sp³-hybridized carbons (Fsp3) is 0.250. The summed E-state index contributed by atoms with van der Waals surface area (Å²) in [5, 5.41) is 8.60. The molecule has 0 spiro atoms. The molecule has 2 aromatic carbocycles. The van der Waals surface area contributed by atoms with E-state index in [1.165, 1.54) is 6.92 Å². The standard InChI is InChI=1S/C20H22ClN3O4/c1-13(25)15-5-3-4-6-18(15)24-19(26)12-23-14-7-8-16(17(21)11-14)20(27)22-9-10-28-2/h3-8,11,23H,9-10,12H2,1-2H3,(H,22,27)(H,24,26). The van der Waals surface area contributed by atoms with Crippen LogP contribution in [0.15, 0.2) is 42.5 Å². The number of amides is 2. The normalized spacial score (nSPS) is 10.2. The summed E-state index contributed by atoms with van der Waals surface area (Å²) >= 11 is 6.17. The fourth-order valence-corrected chi connectivity index (χ4v) is 2.71. The van der Waals surface area contributed by atoms with Crippen LogP contribution in [0, 0.1) is 0 Å². The lowest BCUT2D eigenvalue weighted by Gasteiger charge is -2.12. The fourth-order valence-electron chi connectivity index (χ4n) is 2.45. The average Bonchev–Trinajstić information content (AvgIpc) is 2.66. The van der Waals surface area contributed by atoms with Gasteiger partial charge in [-0.15, -0.1) is 0 Å². The van der Waals surface area contributed by atoms with Gasteiger partial charge in [0.1, 0.15) is 0 Å². The summed E-state index contributed by atoms with van der Waals surface area (Å²) in [7, 11) is 1.55. The molecule has 28 heavy (non-hydrogen) atoms. The van der Waals surface area contributed by atoms with E-state index < -0.39 is 0 Å². The largest absolute Gasteiger partial charge is 0.383 e.